The number of carbonyl (C=O) groups is 2. The first-order valence-corrected chi connectivity index (χ1v) is 21.9. The number of aliphatic hydroxyl groups excluding tert-OH is 2. The molecule has 0 radical (unpaired) electrons. The molecule has 6 rings (SSSR count). The minimum atomic E-state index is -0.625. The number of fused-ring (bicyclic) bond motifs is 2. The van der Waals surface area contributed by atoms with Gasteiger partial charge in [-0.3, -0.25) is 9.59 Å². The van der Waals surface area contributed by atoms with Crippen LogP contribution in [0.5, 0.6) is 11.5 Å². The van der Waals surface area contributed by atoms with Crippen molar-refractivity contribution in [3.8, 4) is 23.3 Å². The lowest BCUT2D eigenvalue weighted by molar-refractivity contribution is -0.130. The number of aromatic nitrogens is 1. The van der Waals surface area contributed by atoms with Gasteiger partial charge in [-0.05, 0) is 127 Å². The molecule has 2 aromatic carbocycles. The number of dihydropyridines is 1. The summed E-state index contributed by atoms with van der Waals surface area (Å²) in [7, 11) is 1.51. The third-order valence-electron chi connectivity index (χ3n) is 13.1. The average molecular weight is 804 g/mol. The van der Waals surface area contributed by atoms with Crippen molar-refractivity contribution in [1.29, 1.82) is 0 Å². The number of H-pyrrole nitrogens is 1. The van der Waals surface area contributed by atoms with Gasteiger partial charge >= 0.3 is 0 Å². The van der Waals surface area contributed by atoms with Gasteiger partial charge in [0.05, 0.1) is 31.4 Å². The van der Waals surface area contributed by atoms with Crippen LogP contribution in [-0.2, 0) is 22.4 Å². The summed E-state index contributed by atoms with van der Waals surface area (Å²) < 4.78 is 5.49. The van der Waals surface area contributed by atoms with Crippen LogP contribution in [0.3, 0.4) is 0 Å². The Kier molecular flexibility index (Phi) is 15.6. The molecule has 0 bridgehead atoms. The molecular weight excluding hydrogens is 739 g/mol. The second-order valence-electron chi connectivity index (χ2n) is 17.3. The number of ketones is 2. The number of aromatic amines is 1. The molecule has 0 spiro atoms. The molecule has 2 aliphatic carbocycles. The molecule has 1 saturated carbocycles. The fraction of sp³-hybridized carbons (Fsp3) is 0.520. The van der Waals surface area contributed by atoms with Crippen LogP contribution in [0, 0.1) is 41.4 Å². The summed E-state index contributed by atoms with van der Waals surface area (Å²) in [6, 6.07) is 15.7. The van der Waals surface area contributed by atoms with Gasteiger partial charge in [-0.15, -0.1) is 0 Å². The van der Waals surface area contributed by atoms with Crippen molar-refractivity contribution >= 4 is 11.6 Å². The van der Waals surface area contributed by atoms with Crippen LogP contribution in [0.25, 0.3) is 0 Å². The SMILES string of the molecule is CCCC(C(O)Cc1cc(C(C)CCCCO)c[nH]1)C1CC(CC2=CCNC(N)=C2)CC2C#CC(c3ccccc3)c3cc(O)c(OC)cc3CCC(=O)CC(=O)C2C1. The number of aromatic hydroxyl groups is 1. The number of unbranched alkanes of at least 4 members (excludes halogenated alkanes) is 1. The Balaban J connectivity index is 1.38. The normalized spacial score (nSPS) is 23.9. The van der Waals surface area contributed by atoms with E-state index in [0.29, 0.717) is 49.7 Å². The lowest BCUT2D eigenvalue weighted by Crippen LogP contribution is -2.33. The molecular formula is C50H65N3O6. The van der Waals surface area contributed by atoms with E-state index in [-0.39, 0.29) is 60.4 Å². The zero-order valence-corrected chi connectivity index (χ0v) is 35.2. The van der Waals surface area contributed by atoms with Crippen LogP contribution in [-0.4, -0.2) is 58.2 Å². The van der Waals surface area contributed by atoms with Gasteiger partial charge in [-0.25, -0.2) is 0 Å². The number of phenolic OH excluding ortho intramolecular Hbond substituents is 1. The standard InChI is InChI=1S/C50H65N3O6/c1-4-10-43(46(56)28-40-25-39(31-53-40)32(2)11-8-9-20-54)38-23-34(21-33-18-19-52-50(51)24-33)22-36-15-17-42(35-12-6-5-7-13-35)44-30-48(58)49(59-3)27-37(44)14-16-41(55)29-47(57)45(36)26-38/h5-7,12-13,18,24-25,27,30-32,34,36,38,42-43,45-46,52-54,56,58H,4,8-11,14,16,19-23,26,28-29,51H2,1-3H3. The molecule has 1 aromatic heterocycles. The quantitative estimate of drug-likeness (QED) is 0.0513. The second-order valence-corrected chi connectivity index (χ2v) is 17.3. The average Bonchev–Trinajstić information content (AvgIpc) is 3.61. The predicted molar refractivity (Wildman–Crippen MR) is 233 cm³/mol. The molecule has 59 heavy (non-hydrogen) atoms. The summed E-state index contributed by atoms with van der Waals surface area (Å²) in [6.45, 7) is 5.23. The maximum atomic E-state index is 14.6. The molecule has 3 aliphatic rings. The molecule has 2 heterocycles. The van der Waals surface area contributed by atoms with E-state index in [1.54, 1.807) is 12.1 Å². The summed E-state index contributed by atoms with van der Waals surface area (Å²) in [6.07, 6.45) is 13.9. The van der Waals surface area contributed by atoms with Crippen molar-refractivity contribution in [3.05, 3.63) is 106 Å². The number of rotatable bonds is 15. The predicted octanol–water partition coefficient (Wildman–Crippen LogP) is 7.99. The highest BCUT2D eigenvalue weighted by molar-refractivity contribution is 6.00. The summed E-state index contributed by atoms with van der Waals surface area (Å²) in [5, 5.41) is 35.7. The smallest absolute Gasteiger partial charge is 0.160 e. The number of benzene rings is 2. The minimum Gasteiger partial charge on any atom is -0.504 e. The fourth-order valence-electron chi connectivity index (χ4n) is 9.94. The van der Waals surface area contributed by atoms with E-state index in [1.807, 2.05) is 36.4 Å². The fourth-order valence-corrected chi connectivity index (χ4v) is 9.94. The number of aliphatic hydroxyl groups is 2. The zero-order valence-electron chi connectivity index (χ0n) is 35.2. The van der Waals surface area contributed by atoms with Crippen molar-refractivity contribution in [2.24, 2.45) is 35.3 Å². The van der Waals surface area contributed by atoms with E-state index in [0.717, 1.165) is 72.9 Å². The minimum absolute atomic E-state index is 0.0176. The second kappa shape index (κ2) is 21.0. The number of methoxy groups -OCH3 is 1. The third kappa shape index (κ3) is 11.5. The Hall–Kier alpha value is -4.78. The first-order valence-electron chi connectivity index (χ1n) is 21.9. The van der Waals surface area contributed by atoms with Crippen molar-refractivity contribution in [2.45, 2.75) is 115 Å². The van der Waals surface area contributed by atoms with Crippen molar-refractivity contribution in [2.75, 3.05) is 20.3 Å². The molecule has 3 aromatic rings. The Morgan fingerprint density at radius 1 is 1.02 bits per heavy atom. The van der Waals surface area contributed by atoms with Gasteiger partial charge < -0.3 is 36.1 Å². The monoisotopic (exact) mass is 803 g/mol. The molecule has 8 atom stereocenters. The van der Waals surface area contributed by atoms with E-state index >= 15 is 0 Å². The molecule has 1 aliphatic heterocycles. The Morgan fingerprint density at radius 2 is 1.83 bits per heavy atom. The van der Waals surface area contributed by atoms with Crippen LogP contribution in [0.15, 0.2) is 78.3 Å². The van der Waals surface area contributed by atoms with Gasteiger partial charge in [0.2, 0.25) is 0 Å². The van der Waals surface area contributed by atoms with Crippen LogP contribution in [0.4, 0.5) is 0 Å². The number of Topliss-reactive ketones (excluding diaryl/α,β-unsaturated/α-hetero) is 2. The number of aryl methyl sites for hydroxylation is 1. The molecule has 7 N–H and O–H groups in total. The Labute approximate surface area is 350 Å². The van der Waals surface area contributed by atoms with Crippen molar-refractivity contribution < 1.29 is 29.6 Å². The van der Waals surface area contributed by atoms with Crippen LogP contribution in [0.1, 0.15) is 124 Å². The van der Waals surface area contributed by atoms with Crippen molar-refractivity contribution in [1.82, 2.24) is 10.3 Å². The summed E-state index contributed by atoms with van der Waals surface area (Å²) in [4.78, 5) is 31.8. The highest BCUT2D eigenvalue weighted by atomic mass is 16.5. The lowest BCUT2D eigenvalue weighted by atomic mass is 9.73. The van der Waals surface area contributed by atoms with Crippen molar-refractivity contribution in [3.63, 3.8) is 0 Å². The third-order valence-corrected chi connectivity index (χ3v) is 13.1. The molecule has 9 heteroatoms. The first kappa shape index (κ1) is 43.8. The maximum absolute atomic E-state index is 14.6. The molecule has 9 nitrogen and oxygen atoms in total. The number of hydrogen-bond acceptors (Lipinski definition) is 8. The molecule has 8 unspecified atom stereocenters. The van der Waals surface area contributed by atoms with E-state index in [1.165, 1.54) is 12.7 Å². The van der Waals surface area contributed by atoms with Gasteiger partial charge in [0.1, 0.15) is 11.6 Å². The molecule has 1 fully saturated rings. The van der Waals surface area contributed by atoms with Crippen LogP contribution >= 0.6 is 0 Å². The molecule has 0 saturated heterocycles. The number of nitrogens with one attached hydrogen (secondary N) is 2. The van der Waals surface area contributed by atoms with Crippen LogP contribution in [0.2, 0.25) is 0 Å². The zero-order chi connectivity index (χ0) is 41.9. The van der Waals surface area contributed by atoms with Gasteiger partial charge in [-0.2, -0.15) is 0 Å². The van der Waals surface area contributed by atoms with Gasteiger partial charge in [-0.1, -0.05) is 74.9 Å². The van der Waals surface area contributed by atoms with E-state index in [9.17, 15) is 24.9 Å². The number of carbonyl (C=O) groups excluding carboxylic acids is 2. The van der Waals surface area contributed by atoms with Gasteiger partial charge in [0, 0.05) is 49.7 Å². The van der Waals surface area contributed by atoms with E-state index in [2.05, 4.69) is 54.3 Å². The van der Waals surface area contributed by atoms with Gasteiger partial charge in [0.25, 0.3) is 0 Å². The lowest BCUT2D eigenvalue weighted by Gasteiger charge is -2.33. The highest BCUT2D eigenvalue weighted by Gasteiger charge is 2.41. The number of allylic oxidation sites excluding steroid dienone is 2. The number of nitrogens with two attached hydrogens (primary N) is 1. The van der Waals surface area contributed by atoms with E-state index in [4.69, 9.17) is 10.5 Å². The number of ether oxygens (including phenoxy) is 1. The molecule has 316 valence electrons. The highest BCUT2D eigenvalue weighted by Crippen LogP contribution is 2.45. The Bertz CT molecular complexity index is 2010. The first-order chi connectivity index (χ1) is 28.6. The number of phenols is 1. The largest absolute Gasteiger partial charge is 0.504 e. The molecule has 0 amide bonds. The summed E-state index contributed by atoms with van der Waals surface area (Å²) in [5.74, 6) is 7.47. The summed E-state index contributed by atoms with van der Waals surface area (Å²) in [5.41, 5.74) is 12.3. The Morgan fingerprint density at radius 3 is 2.58 bits per heavy atom. The number of hydrogen-bond donors (Lipinski definition) is 6. The van der Waals surface area contributed by atoms with E-state index < -0.39 is 17.9 Å². The van der Waals surface area contributed by atoms with Crippen LogP contribution < -0.4 is 15.8 Å². The topological polar surface area (TPSA) is 158 Å². The summed E-state index contributed by atoms with van der Waals surface area (Å²) >= 11 is 0. The maximum Gasteiger partial charge on any atom is 0.160 e. The van der Waals surface area contributed by atoms with Gasteiger partial charge in [0.15, 0.2) is 11.5 Å².